The number of aromatic nitrogens is 4. The SMILES string of the molecule is CCC(C)c1ccc(-n2c3ccccc3c3cc(-c4ccc5c(c4)c4ccccc4n5-c4ccc(-c5cc(-c6ccccc6)nc(-c6ccccc6)n5)cc4)ccc32)cc1. The standard InChI is InChI=1S/C56H42N4/c1-3-37(2)38-22-28-44(29-23-38)59-52-20-12-10-18-46(52)48-34-42(26-32-54(48)59)43-27-33-55-49(35-43)47-19-11-13-21-53(47)60(55)45-30-24-40(25-31-45)51-36-50(39-14-6-4-7-15-39)57-56(58-51)41-16-8-5-9-17-41/h4-37H,3H2,1-2H3. The maximum absolute atomic E-state index is 5.07. The summed E-state index contributed by atoms with van der Waals surface area (Å²) in [5, 5.41) is 4.97. The number of para-hydroxylation sites is 2. The highest BCUT2D eigenvalue weighted by atomic mass is 15.0. The van der Waals surface area contributed by atoms with Gasteiger partial charge in [-0.05, 0) is 95.8 Å². The number of fused-ring (bicyclic) bond motifs is 6. The molecule has 3 heterocycles. The van der Waals surface area contributed by atoms with Gasteiger partial charge in [0.05, 0.1) is 33.5 Å². The Morgan fingerprint density at radius 3 is 1.32 bits per heavy atom. The molecular weight excluding hydrogens is 729 g/mol. The van der Waals surface area contributed by atoms with Crippen molar-refractivity contribution >= 4 is 43.6 Å². The Kier molecular flexibility index (Phi) is 8.70. The van der Waals surface area contributed by atoms with E-state index in [9.17, 15) is 0 Å². The highest BCUT2D eigenvalue weighted by Gasteiger charge is 2.17. The fourth-order valence-electron chi connectivity index (χ4n) is 8.90. The van der Waals surface area contributed by atoms with Crippen molar-refractivity contribution < 1.29 is 0 Å². The van der Waals surface area contributed by atoms with Gasteiger partial charge >= 0.3 is 0 Å². The molecule has 0 radical (unpaired) electrons. The Morgan fingerprint density at radius 1 is 0.383 bits per heavy atom. The van der Waals surface area contributed by atoms with E-state index in [0.717, 1.165) is 40.2 Å². The number of benzene rings is 8. The van der Waals surface area contributed by atoms with Gasteiger partial charge in [-0.3, -0.25) is 0 Å². The van der Waals surface area contributed by atoms with Crippen molar-refractivity contribution in [3.05, 3.63) is 206 Å². The van der Waals surface area contributed by atoms with Crippen LogP contribution in [0, 0.1) is 0 Å². The van der Waals surface area contributed by atoms with Gasteiger partial charge in [0.1, 0.15) is 0 Å². The molecule has 0 N–H and O–H groups in total. The minimum Gasteiger partial charge on any atom is -0.309 e. The van der Waals surface area contributed by atoms with Crippen LogP contribution in [0.4, 0.5) is 0 Å². The molecule has 0 spiro atoms. The molecule has 1 atom stereocenters. The summed E-state index contributed by atoms with van der Waals surface area (Å²) >= 11 is 0. The van der Waals surface area contributed by atoms with Crippen LogP contribution in [0.25, 0.3) is 100 Å². The van der Waals surface area contributed by atoms with Gasteiger partial charge in [-0.1, -0.05) is 147 Å². The van der Waals surface area contributed by atoms with E-state index < -0.39 is 0 Å². The van der Waals surface area contributed by atoms with Gasteiger partial charge in [-0.25, -0.2) is 9.97 Å². The van der Waals surface area contributed by atoms with Crippen molar-refractivity contribution in [2.45, 2.75) is 26.2 Å². The lowest BCUT2D eigenvalue weighted by molar-refractivity contribution is 0.733. The van der Waals surface area contributed by atoms with Crippen molar-refractivity contribution in [3.63, 3.8) is 0 Å². The molecule has 0 aliphatic rings. The van der Waals surface area contributed by atoms with Crippen LogP contribution >= 0.6 is 0 Å². The summed E-state index contributed by atoms with van der Waals surface area (Å²) in [6.45, 7) is 4.55. The summed E-state index contributed by atoms with van der Waals surface area (Å²) in [5.74, 6) is 1.26. The summed E-state index contributed by atoms with van der Waals surface area (Å²) in [5.41, 5.74) is 15.7. The van der Waals surface area contributed by atoms with Crippen LogP contribution < -0.4 is 0 Å². The maximum Gasteiger partial charge on any atom is 0.160 e. The van der Waals surface area contributed by atoms with E-state index in [4.69, 9.17) is 9.97 Å². The molecule has 0 fully saturated rings. The normalized spacial score (nSPS) is 12.2. The summed E-state index contributed by atoms with van der Waals surface area (Å²) in [6, 6.07) is 72.0. The first-order valence-electron chi connectivity index (χ1n) is 20.9. The molecule has 0 aliphatic carbocycles. The third-order valence-electron chi connectivity index (χ3n) is 12.3. The van der Waals surface area contributed by atoms with E-state index in [1.54, 1.807) is 0 Å². The topological polar surface area (TPSA) is 35.6 Å². The van der Waals surface area contributed by atoms with Gasteiger partial charge in [0.2, 0.25) is 0 Å². The Balaban J connectivity index is 0.987. The molecule has 11 rings (SSSR count). The molecular formula is C56H42N4. The fourth-order valence-corrected chi connectivity index (χ4v) is 8.90. The number of nitrogens with zero attached hydrogens (tertiary/aromatic N) is 4. The second-order valence-corrected chi connectivity index (χ2v) is 15.8. The van der Waals surface area contributed by atoms with Gasteiger partial charge in [-0.2, -0.15) is 0 Å². The Labute approximate surface area is 349 Å². The lowest BCUT2D eigenvalue weighted by Gasteiger charge is -2.12. The molecule has 4 heteroatoms. The van der Waals surface area contributed by atoms with Gasteiger partial charge in [0.25, 0.3) is 0 Å². The maximum atomic E-state index is 5.07. The average Bonchev–Trinajstić information content (AvgIpc) is 3.84. The first-order valence-corrected chi connectivity index (χ1v) is 20.9. The molecule has 0 bridgehead atoms. The zero-order chi connectivity index (χ0) is 40.2. The smallest absolute Gasteiger partial charge is 0.160 e. The van der Waals surface area contributed by atoms with E-state index >= 15 is 0 Å². The second-order valence-electron chi connectivity index (χ2n) is 15.8. The van der Waals surface area contributed by atoms with Crippen molar-refractivity contribution in [2.24, 2.45) is 0 Å². The molecule has 4 nitrogen and oxygen atoms in total. The van der Waals surface area contributed by atoms with Crippen molar-refractivity contribution in [1.82, 2.24) is 19.1 Å². The average molecular weight is 771 g/mol. The van der Waals surface area contributed by atoms with Crippen molar-refractivity contribution in [1.29, 1.82) is 0 Å². The summed E-state index contributed by atoms with van der Waals surface area (Å²) < 4.78 is 4.79. The predicted octanol–water partition coefficient (Wildman–Crippen LogP) is 14.9. The third-order valence-corrected chi connectivity index (χ3v) is 12.3. The molecule has 0 aliphatic heterocycles. The van der Waals surface area contributed by atoms with Gasteiger partial charge in [0, 0.05) is 49.6 Å². The number of hydrogen-bond acceptors (Lipinski definition) is 2. The first-order chi connectivity index (χ1) is 29.6. The predicted molar refractivity (Wildman–Crippen MR) is 251 cm³/mol. The van der Waals surface area contributed by atoms with E-state index in [1.807, 2.05) is 24.3 Å². The molecule has 0 amide bonds. The molecule has 11 aromatic rings. The summed E-state index contributed by atoms with van der Waals surface area (Å²) in [7, 11) is 0. The molecule has 0 saturated heterocycles. The molecule has 8 aromatic carbocycles. The van der Waals surface area contributed by atoms with Gasteiger partial charge < -0.3 is 9.13 Å². The molecule has 60 heavy (non-hydrogen) atoms. The van der Waals surface area contributed by atoms with Gasteiger partial charge in [-0.15, -0.1) is 0 Å². The zero-order valence-electron chi connectivity index (χ0n) is 33.6. The van der Waals surface area contributed by atoms with Crippen LogP contribution in [-0.4, -0.2) is 19.1 Å². The zero-order valence-corrected chi connectivity index (χ0v) is 33.6. The molecule has 0 saturated carbocycles. The van der Waals surface area contributed by atoms with Crippen molar-refractivity contribution in [3.8, 4) is 56.4 Å². The summed E-state index contributed by atoms with van der Waals surface area (Å²) in [6.07, 6.45) is 1.13. The van der Waals surface area contributed by atoms with E-state index in [-0.39, 0.29) is 0 Å². The van der Waals surface area contributed by atoms with Crippen LogP contribution in [0.5, 0.6) is 0 Å². The van der Waals surface area contributed by atoms with E-state index in [0.29, 0.717) is 11.7 Å². The Bertz CT molecular complexity index is 3280. The molecule has 1 unspecified atom stereocenters. The highest BCUT2D eigenvalue weighted by Crippen LogP contribution is 2.39. The number of hydrogen-bond donors (Lipinski definition) is 0. The lowest BCUT2D eigenvalue weighted by atomic mass is 9.98. The van der Waals surface area contributed by atoms with Crippen LogP contribution in [-0.2, 0) is 0 Å². The van der Waals surface area contributed by atoms with E-state index in [2.05, 4.69) is 199 Å². The molecule has 286 valence electrons. The first kappa shape index (κ1) is 35.6. The minimum atomic E-state index is 0.546. The van der Waals surface area contributed by atoms with Crippen LogP contribution in [0.1, 0.15) is 31.7 Å². The lowest BCUT2D eigenvalue weighted by Crippen LogP contribution is -1.97. The quantitative estimate of drug-likeness (QED) is 0.154. The fraction of sp³-hybridized carbons (Fsp3) is 0.0714. The Hall–Kier alpha value is -7.56. The van der Waals surface area contributed by atoms with Crippen LogP contribution in [0.15, 0.2) is 200 Å². The van der Waals surface area contributed by atoms with Crippen LogP contribution in [0.2, 0.25) is 0 Å². The van der Waals surface area contributed by atoms with Crippen LogP contribution in [0.3, 0.4) is 0 Å². The Morgan fingerprint density at radius 2 is 0.800 bits per heavy atom. The second kappa shape index (κ2) is 14.7. The largest absolute Gasteiger partial charge is 0.309 e. The summed E-state index contributed by atoms with van der Waals surface area (Å²) in [4.78, 5) is 10.1. The van der Waals surface area contributed by atoms with Gasteiger partial charge in [0.15, 0.2) is 5.82 Å². The monoisotopic (exact) mass is 770 g/mol. The van der Waals surface area contributed by atoms with Crippen molar-refractivity contribution in [2.75, 3.05) is 0 Å². The molecule has 3 aromatic heterocycles. The number of rotatable bonds is 8. The highest BCUT2D eigenvalue weighted by molar-refractivity contribution is 6.12. The minimum absolute atomic E-state index is 0.546. The van der Waals surface area contributed by atoms with E-state index in [1.165, 1.54) is 66.0 Å². The third kappa shape index (κ3) is 6.08.